The molecular weight excluding hydrogens is 328 g/mol. The van der Waals surface area contributed by atoms with Gasteiger partial charge in [0.1, 0.15) is 0 Å². The van der Waals surface area contributed by atoms with Crippen LogP contribution in [0, 0.1) is 0 Å². The van der Waals surface area contributed by atoms with Crippen LogP contribution in [0.1, 0.15) is 48.8 Å². The van der Waals surface area contributed by atoms with Gasteiger partial charge in [-0.15, -0.1) is 0 Å². The van der Waals surface area contributed by atoms with Crippen LogP contribution in [-0.4, -0.2) is 10.7 Å². The highest BCUT2D eigenvalue weighted by molar-refractivity contribution is 6.01. The molecule has 4 rings (SSSR count). The molecule has 27 heavy (non-hydrogen) atoms. The number of benzene rings is 3. The Balaban J connectivity index is 2.04. The Hall–Kier alpha value is -2.64. The van der Waals surface area contributed by atoms with Gasteiger partial charge in [0, 0.05) is 0 Å². The molecular formula is C26H26O. The first-order valence-electron chi connectivity index (χ1n) is 9.91. The summed E-state index contributed by atoms with van der Waals surface area (Å²) in [5.41, 5.74) is 4.85. The van der Waals surface area contributed by atoms with Crippen LogP contribution in [0.5, 0.6) is 0 Å². The molecule has 0 unspecified atom stereocenters. The molecule has 1 aliphatic carbocycles. The summed E-state index contributed by atoms with van der Waals surface area (Å²) in [6, 6.07) is 31.4. The van der Waals surface area contributed by atoms with Gasteiger partial charge in [0.15, 0.2) is 0 Å². The Kier molecular flexibility index (Phi) is 5.22. The molecule has 1 aliphatic rings. The molecule has 1 N–H and O–H groups in total. The van der Waals surface area contributed by atoms with Crippen LogP contribution in [0.4, 0.5) is 0 Å². The quantitative estimate of drug-likeness (QED) is 0.542. The maximum absolute atomic E-state index is 11.8. The van der Waals surface area contributed by atoms with Crippen molar-refractivity contribution in [1.29, 1.82) is 0 Å². The van der Waals surface area contributed by atoms with Gasteiger partial charge >= 0.3 is 0 Å². The zero-order chi connectivity index (χ0) is 18.5. The molecule has 0 amide bonds. The fourth-order valence-corrected chi connectivity index (χ4v) is 4.30. The van der Waals surface area contributed by atoms with Crippen molar-refractivity contribution in [3.63, 3.8) is 0 Å². The van der Waals surface area contributed by atoms with Crippen molar-refractivity contribution in [3.05, 3.63) is 108 Å². The Labute approximate surface area is 162 Å². The minimum absolute atomic E-state index is 0.791. The molecule has 0 heterocycles. The minimum Gasteiger partial charge on any atom is -0.385 e. The fourth-order valence-electron chi connectivity index (χ4n) is 4.30. The molecule has 1 saturated carbocycles. The van der Waals surface area contributed by atoms with E-state index in [4.69, 9.17) is 0 Å². The van der Waals surface area contributed by atoms with Crippen molar-refractivity contribution in [3.8, 4) is 0 Å². The van der Waals surface area contributed by atoms with E-state index in [0.717, 1.165) is 53.5 Å². The van der Waals surface area contributed by atoms with E-state index in [1.54, 1.807) is 0 Å². The van der Waals surface area contributed by atoms with Crippen molar-refractivity contribution < 1.29 is 5.11 Å². The van der Waals surface area contributed by atoms with E-state index < -0.39 is 5.60 Å². The van der Waals surface area contributed by atoms with Gasteiger partial charge in [-0.2, -0.15) is 0 Å². The van der Waals surface area contributed by atoms with E-state index in [9.17, 15) is 5.11 Å². The van der Waals surface area contributed by atoms with Crippen molar-refractivity contribution in [2.24, 2.45) is 0 Å². The summed E-state index contributed by atoms with van der Waals surface area (Å²) >= 11 is 0. The molecule has 0 aliphatic heterocycles. The number of hydrogen-bond donors (Lipinski definition) is 1. The monoisotopic (exact) mass is 354 g/mol. The molecule has 3 aromatic rings. The SMILES string of the molecule is OC1(C(=C(c2ccccc2)c2ccccc2)c2ccccc2)CCCCC1. The van der Waals surface area contributed by atoms with Crippen LogP contribution in [-0.2, 0) is 0 Å². The van der Waals surface area contributed by atoms with Crippen molar-refractivity contribution in [1.82, 2.24) is 0 Å². The van der Waals surface area contributed by atoms with E-state index in [-0.39, 0.29) is 0 Å². The van der Waals surface area contributed by atoms with Gasteiger partial charge in [-0.1, -0.05) is 110 Å². The van der Waals surface area contributed by atoms with E-state index in [2.05, 4.69) is 72.8 Å². The van der Waals surface area contributed by atoms with Gasteiger partial charge in [0.05, 0.1) is 5.60 Å². The lowest BCUT2D eigenvalue weighted by Gasteiger charge is -2.37. The molecule has 0 aromatic heterocycles. The molecule has 3 aromatic carbocycles. The summed E-state index contributed by atoms with van der Waals surface area (Å²) in [6.07, 6.45) is 4.99. The van der Waals surface area contributed by atoms with E-state index in [1.165, 1.54) is 6.42 Å². The van der Waals surface area contributed by atoms with Crippen LogP contribution in [0.3, 0.4) is 0 Å². The van der Waals surface area contributed by atoms with Crippen LogP contribution in [0.15, 0.2) is 91.0 Å². The average Bonchev–Trinajstić information content (AvgIpc) is 2.74. The summed E-state index contributed by atoms with van der Waals surface area (Å²) in [7, 11) is 0. The molecule has 136 valence electrons. The summed E-state index contributed by atoms with van der Waals surface area (Å²) in [4.78, 5) is 0. The second-order valence-electron chi connectivity index (χ2n) is 7.44. The maximum Gasteiger partial charge on any atom is 0.0908 e. The Morgan fingerprint density at radius 3 is 1.41 bits per heavy atom. The van der Waals surface area contributed by atoms with Crippen LogP contribution >= 0.6 is 0 Å². The lowest BCUT2D eigenvalue weighted by atomic mass is 9.73. The average molecular weight is 354 g/mol. The van der Waals surface area contributed by atoms with Gasteiger partial charge in [-0.25, -0.2) is 0 Å². The third-order valence-corrected chi connectivity index (χ3v) is 5.58. The molecule has 0 radical (unpaired) electrons. The predicted molar refractivity (Wildman–Crippen MR) is 113 cm³/mol. The normalized spacial score (nSPS) is 15.9. The van der Waals surface area contributed by atoms with Crippen molar-refractivity contribution in [2.75, 3.05) is 0 Å². The van der Waals surface area contributed by atoms with Crippen molar-refractivity contribution in [2.45, 2.75) is 37.7 Å². The first-order chi connectivity index (χ1) is 13.3. The zero-order valence-corrected chi connectivity index (χ0v) is 15.6. The number of rotatable bonds is 4. The zero-order valence-electron chi connectivity index (χ0n) is 15.6. The first-order valence-corrected chi connectivity index (χ1v) is 9.91. The van der Waals surface area contributed by atoms with Gasteiger partial charge < -0.3 is 5.11 Å². The summed E-state index contributed by atoms with van der Waals surface area (Å²) < 4.78 is 0. The summed E-state index contributed by atoms with van der Waals surface area (Å²) in [5.74, 6) is 0. The molecule has 1 nitrogen and oxygen atoms in total. The highest BCUT2D eigenvalue weighted by Gasteiger charge is 2.36. The topological polar surface area (TPSA) is 20.2 Å². The van der Waals surface area contributed by atoms with Crippen molar-refractivity contribution >= 4 is 11.1 Å². The highest BCUT2D eigenvalue weighted by Crippen LogP contribution is 2.45. The highest BCUT2D eigenvalue weighted by atomic mass is 16.3. The van der Waals surface area contributed by atoms with E-state index >= 15 is 0 Å². The number of hydrogen-bond acceptors (Lipinski definition) is 1. The van der Waals surface area contributed by atoms with E-state index in [0.29, 0.717) is 0 Å². The predicted octanol–water partition coefficient (Wildman–Crippen LogP) is 6.34. The second kappa shape index (κ2) is 7.94. The lowest BCUT2D eigenvalue weighted by Crippen LogP contribution is -2.33. The summed E-state index contributed by atoms with van der Waals surface area (Å²) in [5, 5.41) is 11.8. The smallest absolute Gasteiger partial charge is 0.0908 e. The van der Waals surface area contributed by atoms with Gasteiger partial charge in [-0.3, -0.25) is 0 Å². The number of aliphatic hydroxyl groups is 1. The van der Waals surface area contributed by atoms with Gasteiger partial charge in [0.25, 0.3) is 0 Å². The molecule has 0 atom stereocenters. The third-order valence-electron chi connectivity index (χ3n) is 5.58. The second-order valence-corrected chi connectivity index (χ2v) is 7.44. The molecule has 1 heteroatoms. The largest absolute Gasteiger partial charge is 0.385 e. The Morgan fingerprint density at radius 1 is 0.556 bits per heavy atom. The van der Waals surface area contributed by atoms with Gasteiger partial charge in [0.2, 0.25) is 0 Å². The van der Waals surface area contributed by atoms with Crippen LogP contribution in [0.2, 0.25) is 0 Å². The molecule has 0 saturated heterocycles. The first kappa shape index (κ1) is 17.8. The standard InChI is InChI=1S/C26H26O/c27-26(19-11-4-12-20-26)25(23-17-9-3-10-18-23)24(21-13-5-1-6-14-21)22-15-7-2-8-16-22/h1-3,5-10,13-18,27H,4,11-12,19-20H2. The molecule has 0 spiro atoms. The third kappa shape index (κ3) is 3.74. The molecule has 1 fully saturated rings. The lowest BCUT2D eigenvalue weighted by molar-refractivity contribution is 0.0618. The Bertz CT molecular complexity index is 847. The summed E-state index contributed by atoms with van der Waals surface area (Å²) in [6.45, 7) is 0. The van der Waals surface area contributed by atoms with Crippen LogP contribution in [0.25, 0.3) is 11.1 Å². The van der Waals surface area contributed by atoms with E-state index in [1.807, 2.05) is 18.2 Å². The maximum atomic E-state index is 11.8. The minimum atomic E-state index is -0.791. The fraction of sp³-hybridized carbons (Fsp3) is 0.231. The van der Waals surface area contributed by atoms with Gasteiger partial charge in [-0.05, 0) is 40.7 Å². The van der Waals surface area contributed by atoms with Crippen LogP contribution < -0.4 is 0 Å². The Morgan fingerprint density at radius 2 is 0.963 bits per heavy atom. The molecule has 0 bridgehead atoms.